The highest BCUT2D eigenvalue weighted by molar-refractivity contribution is 7.90. The van der Waals surface area contributed by atoms with E-state index >= 15 is 0 Å². The first kappa shape index (κ1) is 12.3. The maximum atomic E-state index is 12.1. The Morgan fingerprint density at radius 2 is 2.11 bits per heavy atom. The Morgan fingerprint density at radius 1 is 1.32 bits per heavy atom. The van der Waals surface area contributed by atoms with Gasteiger partial charge < -0.3 is 4.74 Å². The number of hydrogen-bond donors (Lipinski definition) is 1. The monoisotopic (exact) mass is 283 g/mol. The Bertz CT molecular complexity index is 677. The van der Waals surface area contributed by atoms with Gasteiger partial charge in [-0.25, -0.2) is 9.50 Å². The van der Waals surface area contributed by atoms with Gasteiger partial charge in [0.05, 0.1) is 37.5 Å². The number of morpholine rings is 1. The summed E-state index contributed by atoms with van der Waals surface area (Å²) < 4.78 is 34.7. The van der Waals surface area contributed by atoms with Crippen molar-refractivity contribution >= 4 is 21.5 Å². The lowest BCUT2D eigenvalue weighted by Crippen LogP contribution is -2.43. The Morgan fingerprint density at radius 3 is 2.89 bits per heavy atom. The number of aromatic nitrogens is 3. The van der Waals surface area contributed by atoms with Crippen molar-refractivity contribution in [1.29, 1.82) is 0 Å². The van der Waals surface area contributed by atoms with Crippen molar-refractivity contribution in [2.45, 2.75) is 0 Å². The zero-order chi connectivity index (χ0) is 13.3. The van der Waals surface area contributed by atoms with Gasteiger partial charge in [0.2, 0.25) is 0 Å². The van der Waals surface area contributed by atoms with E-state index in [0.29, 0.717) is 37.6 Å². The molecule has 0 saturated carbocycles. The smallest absolute Gasteiger partial charge is 0.301 e. The molecule has 1 fully saturated rings. The van der Waals surface area contributed by atoms with E-state index < -0.39 is 10.2 Å². The summed E-state index contributed by atoms with van der Waals surface area (Å²) in [4.78, 5) is 4.10. The van der Waals surface area contributed by atoms with Gasteiger partial charge >= 0.3 is 10.2 Å². The Kier molecular flexibility index (Phi) is 3.09. The SMILES string of the molecule is O=S(=O)(Nc1cnc2ccnn2c1)N1CCOCC1. The predicted molar refractivity (Wildman–Crippen MR) is 67.9 cm³/mol. The molecule has 0 unspecified atom stereocenters. The molecule has 0 bridgehead atoms. The van der Waals surface area contributed by atoms with E-state index in [1.807, 2.05) is 0 Å². The van der Waals surface area contributed by atoms with E-state index in [0.717, 1.165) is 0 Å². The average molecular weight is 283 g/mol. The van der Waals surface area contributed by atoms with Crippen LogP contribution in [0, 0.1) is 0 Å². The van der Waals surface area contributed by atoms with Crippen LogP contribution in [0.2, 0.25) is 0 Å². The molecule has 2 aromatic heterocycles. The first-order chi connectivity index (χ1) is 9.15. The second-order valence-electron chi connectivity index (χ2n) is 4.10. The molecule has 3 heterocycles. The standard InChI is InChI=1S/C10H13N5O3S/c16-19(17,14-3-5-18-6-4-14)13-9-7-11-10-1-2-12-15(10)8-9/h1-2,7-8,13H,3-6H2. The summed E-state index contributed by atoms with van der Waals surface area (Å²) >= 11 is 0. The summed E-state index contributed by atoms with van der Waals surface area (Å²) in [5.41, 5.74) is 1.04. The third kappa shape index (κ3) is 2.53. The number of nitrogens with zero attached hydrogens (tertiary/aromatic N) is 4. The molecule has 19 heavy (non-hydrogen) atoms. The van der Waals surface area contributed by atoms with Crippen LogP contribution in [0.25, 0.3) is 5.65 Å². The van der Waals surface area contributed by atoms with Gasteiger partial charge in [-0.05, 0) is 0 Å². The topological polar surface area (TPSA) is 88.8 Å². The van der Waals surface area contributed by atoms with Crippen molar-refractivity contribution < 1.29 is 13.2 Å². The normalized spacial score (nSPS) is 17.7. The summed E-state index contributed by atoms with van der Waals surface area (Å²) in [5, 5.41) is 4.01. The maximum Gasteiger partial charge on any atom is 0.301 e. The minimum Gasteiger partial charge on any atom is -0.379 e. The predicted octanol–water partition coefficient (Wildman–Crippen LogP) is -0.282. The van der Waals surface area contributed by atoms with Gasteiger partial charge in [-0.15, -0.1) is 0 Å². The van der Waals surface area contributed by atoms with Gasteiger partial charge in [0.1, 0.15) is 0 Å². The second-order valence-corrected chi connectivity index (χ2v) is 5.77. The van der Waals surface area contributed by atoms with Crippen LogP contribution in [0.1, 0.15) is 0 Å². The Hall–Kier alpha value is -1.71. The van der Waals surface area contributed by atoms with Crippen LogP contribution < -0.4 is 4.72 Å². The summed E-state index contributed by atoms with van der Waals surface area (Å²) in [6, 6.07) is 1.74. The molecule has 8 nitrogen and oxygen atoms in total. The van der Waals surface area contributed by atoms with E-state index in [4.69, 9.17) is 4.74 Å². The molecule has 2 aromatic rings. The summed E-state index contributed by atoms with van der Waals surface area (Å²) in [6.07, 6.45) is 4.65. The van der Waals surface area contributed by atoms with Gasteiger partial charge in [0.25, 0.3) is 0 Å². The van der Waals surface area contributed by atoms with Crippen molar-refractivity contribution in [2.75, 3.05) is 31.0 Å². The molecule has 1 N–H and O–H groups in total. The number of hydrogen-bond acceptors (Lipinski definition) is 5. The van der Waals surface area contributed by atoms with Crippen LogP contribution in [0.4, 0.5) is 5.69 Å². The maximum absolute atomic E-state index is 12.1. The lowest BCUT2D eigenvalue weighted by molar-refractivity contribution is 0.0733. The molecule has 1 aliphatic heterocycles. The fourth-order valence-electron chi connectivity index (χ4n) is 1.86. The molecule has 102 valence electrons. The number of fused-ring (bicyclic) bond motifs is 1. The van der Waals surface area contributed by atoms with E-state index in [1.165, 1.54) is 15.0 Å². The molecule has 3 rings (SSSR count). The zero-order valence-corrected chi connectivity index (χ0v) is 10.9. The number of anilines is 1. The van der Waals surface area contributed by atoms with Gasteiger partial charge in [-0.1, -0.05) is 0 Å². The largest absolute Gasteiger partial charge is 0.379 e. The van der Waals surface area contributed by atoms with E-state index in [1.54, 1.807) is 18.5 Å². The molecule has 1 saturated heterocycles. The number of nitrogens with one attached hydrogen (secondary N) is 1. The molecule has 1 aliphatic rings. The van der Waals surface area contributed by atoms with E-state index in [9.17, 15) is 8.42 Å². The highest BCUT2D eigenvalue weighted by atomic mass is 32.2. The van der Waals surface area contributed by atoms with E-state index in [2.05, 4.69) is 14.8 Å². The average Bonchev–Trinajstić information content (AvgIpc) is 2.87. The summed E-state index contributed by atoms with van der Waals surface area (Å²) in [6.45, 7) is 1.54. The van der Waals surface area contributed by atoms with Crippen molar-refractivity contribution in [3.63, 3.8) is 0 Å². The van der Waals surface area contributed by atoms with Gasteiger partial charge in [-0.2, -0.15) is 17.8 Å². The number of rotatable bonds is 3. The lowest BCUT2D eigenvalue weighted by Gasteiger charge is -2.26. The molecule has 0 atom stereocenters. The first-order valence-corrected chi connectivity index (χ1v) is 7.24. The van der Waals surface area contributed by atoms with Crippen molar-refractivity contribution in [3.05, 3.63) is 24.7 Å². The molecule has 0 aromatic carbocycles. The van der Waals surface area contributed by atoms with Gasteiger partial charge in [0, 0.05) is 19.2 Å². The molecule has 9 heteroatoms. The minimum absolute atomic E-state index is 0.354. The van der Waals surface area contributed by atoms with Gasteiger partial charge in [-0.3, -0.25) is 4.72 Å². The third-order valence-electron chi connectivity index (χ3n) is 2.80. The number of ether oxygens (including phenoxy) is 1. The first-order valence-electron chi connectivity index (χ1n) is 5.80. The molecule has 0 spiro atoms. The Labute approximate surface area is 110 Å². The van der Waals surface area contributed by atoms with Crippen LogP contribution in [-0.4, -0.2) is 53.6 Å². The van der Waals surface area contributed by atoms with Crippen LogP contribution in [-0.2, 0) is 14.9 Å². The van der Waals surface area contributed by atoms with Crippen LogP contribution in [0.3, 0.4) is 0 Å². The minimum atomic E-state index is -3.57. The molecule has 0 radical (unpaired) electrons. The van der Waals surface area contributed by atoms with Crippen LogP contribution in [0.5, 0.6) is 0 Å². The summed E-state index contributed by atoms with van der Waals surface area (Å²) in [7, 11) is -3.57. The third-order valence-corrected chi connectivity index (χ3v) is 4.34. The molecular weight excluding hydrogens is 270 g/mol. The highest BCUT2D eigenvalue weighted by Gasteiger charge is 2.24. The fourth-order valence-corrected chi connectivity index (χ4v) is 3.03. The highest BCUT2D eigenvalue weighted by Crippen LogP contribution is 2.12. The van der Waals surface area contributed by atoms with E-state index in [-0.39, 0.29) is 0 Å². The van der Waals surface area contributed by atoms with Crippen molar-refractivity contribution in [1.82, 2.24) is 18.9 Å². The zero-order valence-electron chi connectivity index (χ0n) is 10.1. The van der Waals surface area contributed by atoms with Crippen molar-refractivity contribution in [3.8, 4) is 0 Å². The van der Waals surface area contributed by atoms with Crippen LogP contribution in [0.15, 0.2) is 24.7 Å². The quantitative estimate of drug-likeness (QED) is 0.836. The molecule has 0 aliphatic carbocycles. The lowest BCUT2D eigenvalue weighted by atomic mass is 10.5. The summed E-state index contributed by atoms with van der Waals surface area (Å²) in [5.74, 6) is 0. The van der Waals surface area contributed by atoms with Crippen molar-refractivity contribution in [2.24, 2.45) is 0 Å². The second kappa shape index (κ2) is 4.76. The molecule has 0 amide bonds. The molecular formula is C10H13N5O3S. The fraction of sp³-hybridized carbons (Fsp3) is 0.400. The Balaban J connectivity index is 1.82. The van der Waals surface area contributed by atoms with Crippen LogP contribution >= 0.6 is 0 Å². The van der Waals surface area contributed by atoms with Gasteiger partial charge in [0.15, 0.2) is 5.65 Å².